The molecule has 0 spiro atoms. The average molecular weight is 202 g/mol. The Morgan fingerprint density at radius 1 is 1.36 bits per heavy atom. The molecule has 0 aliphatic carbocycles. The molecule has 0 saturated heterocycles. The fourth-order valence-corrected chi connectivity index (χ4v) is 0.938. The van der Waals surface area contributed by atoms with Gasteiger partial charge in [-0.1, -0.05) is 0 Å². The second-order valence-corrected chi connectivity index (χ2v) is 2.57. The van der Waals surface area contributed by atoms with Gasteiger partial charge in [-0.15, -0.1) is 0 Å². The lowest BCUT2D eigenvalue weighted by Gasteiger charge is -2.10. The fourth-order valence-electron chi connectivity index (χ4n) is 0.938. The Hall–Kier alpha value is -1.90. The molecule has 0 aliphatic rings. The Balaban J connectivity index is 3.44. The fraction of sp³-hybridized carbons (Fsp3) is 0.125. The Morgan fingerprint density at radius 3 is 2.36 bits per heavy atom. The summed E-state index contributed by atoms with van der Waals surface area (Å²) in [7, 11) is 0. The number of benzene rings is 1. The molecule has 3 nitrogen and oxygen atoms in total. The first kappa shape index (κ1) is 10.2. The molecular formula is C8H5F3N2O. The molecule has 1 aromatic rings. The normalized spacial score (nSPS) is 11.0. The molecular weight excluding hydrogens is 197 g/mol. The van der Waals surface area contributed by atoms with Gasteiger partial charge in [0.1, 0.15) is 5.56 Å². The zero-order valence-electron chi connectivity index (χ0n) is 6.76. The molecule has 0 atom stereocenters. The lowest BCUT2D eigenvalue weighted by molar-refractivity contribution is -0.138. The number of nitrogens with two attached hydrogens (primary N) is 1. The van der Waals surface area contributed by atoms with Crippen LogP contribution < -0.4 is 5.73 Å². The molecule has 0 heterocycles. The van der Waals surface area contributed by atoms with Crippen LogP contribution in [-0.4, -0.2) is 5.11 Å². The van der Waals surface area contributed by atoms with Crippen LogP contribution >= 0.6 is 0 Å². The van der Waals surface area contributed by atoms with Crippen LogP contribution in [0.15, 0.2) is 12.1 Å². The molecule has 0 radical (unpaired) electrons. The van der Waals surface area contributed by atoms with E-state index < -0.39 is 23.2 Å². The van der Waals surface area contributed by atoms with Crippen molar-refractivity contribution in [2.45, 2.75) is 6.18 Å². The van der Waals surface area contributed by atoms with E-state index in [1.54, 1.807) is 0 Å². The first-order chi connectivity index (χ1) is 6.36. The van der Waals surface area contributed by atoms with Gasteiger partial charge in [0.2, 0.25) is 0 Å². The third-order valence-corrected chi connectivity index (χ3v) is 1.57. The Kier molecular flexibility index (Phi) is 2.26. The third kappa shape index (κ3) is 1.71. The van der Waals surface area contributed by atoms with E-state index in [4.69, 9.17) is 16.1 Å². The van der Waals surface area contributed by atoms with Crippen LogP contribution in [0.3, 0.4) is 0 Å². The molecule has 1 rings (SSSR count). The molecule has 0 bridgehead atoms. The van der Waals surface area contributed by atoms with E-state index in [2.05, 4.69) is 0 Å². The van der Waals surface area contributed by atoms with Gasteiger partial charge in [0.05, 0.1) is 17.3 Å². The van der Waals surface area contributed by atoms with Crippen molar-refractivity contribution in [1.82, 2.24) is 0 Å². The van der Waals surface area contributed by atoms with Crippen molar-refractivity contribution in [3.05, 3.63) is 23.3 Å². The number of rotatable bonds is 0. The van der Waals surface area contributed by atoms with E-state index in [-0.39, 0.29) is 5.56 Å². The number of nitrogen functional groups attached to an aromatic ring is 1. The summed E-state index contributed by atoms with van der Waals surface area (Å²) in [4.78, 5) is 0. The van der Waals surface area contributed by atoms with Crippen molar-refractivity contribution in [3.63, 3.8) is 0 Å². The SMILES string of the molecule is N#Cc1cc(N)c(O)c(C(F)(F)F)c1. The van der Waals surface area contributed by atoms with Crippen LogP contribution in [0.4, 0.5) is 18.9 Å². The van der Waals surface area contributed by atoms with Crippen LogP contribution in [-0.2, 0) is 6.18 Å². The number of hydrogen-bond acceptors (Lipinski definition) is 3. The summed E-state index contributed by atoms with van der Waals surface area (Å²) in [5.41, 5.74) is 3.09. The number of halogens is 3. The Morgan fingerprint density at radius 2 is 1.93 bits per heavy atom. The van der Waals surface area contributed by atoms with E-state index in [1.165, 1.54) is 6.07 Å². The van der Waals surface area contributed by atoms with Crippen LogP contribution in [0.5, 0.6) is 5.75 Å². The predicted octanol–water partition coefficient (Wildman–Crippen LogP) is 1.86. The second kappa shape index (κ2) is 3.10. The number of phenolic OH excluding ortho intramolecular Hbond substituents is 1. The number of aromatic hydroxyl groups is 1. The molecule has 0 fully saturated rings. The van der Waals surface area contributed by atoms with E-state index in [0.717, 1.165) is 6.07 Å². The highest BCUT2D eigenvalue weighted by Gasteiger charge is 2.35. The maximum absolute atomic E-state index is 12.2. The number of nitrogens with zero attached hydrogens (tertiary/aromatic N) is 1. The molecule has 6 heteroatoms. The molecule has 14 heavy (non-hydrogen) atoms. The molecule has 0 aromatic heterocycles. The summed E-state index contributed by atoms with van der Waals surface area (Å²) in [6, 6.07) is 3.04. The van der Waals surface area contributed by atoms with E-state index in [9.17, 15) is 13.2 Å². The second-order valence-electron chi connectivity index (χ2n) is 2.57. The Labute approximate surface area is 77.2 Å². The van der Waals surface area contributed by atoms with Crippen molar-refractivity contribution >= 4 is 5.69 Å². The van der Waals surface area contributed by atoms with Crippen molar-refractivity contribution < 1.29 is 18.3 Å². The number of phenols is 1. The third-order valence-electron chi connectivity index (χ3n) is 1.57. The first-order valence-corrected chi connectivity index (χ1v) is 3.46. The summed E-state index contributed by atoms with van der Waals surface area (Å²) in [5, 5.41) is 17.4. The first-order valence-electron chi connectivity index (χ1n) is 3.46. The standard InChI is InChI=1S/C8H5F3N2O/c9-8(10,11)5-1-4(3-12)2-6(13)7(5)14/h1-2,14H,13H2. The van der Waals surface area contributed by atoms with E-state index in [1.807, 2.05) is 0 Å². The highest BCUT2D eigenvalue weighted by Crippen LogP contribution is 2.39. The molecule has 1 aromatic carbocycles. The maximum Gasteiger partial charge on any atom is 0.420 e. The minimum Gasteiger partial charge on any atom is -0.505 e. The summed E-state index contributed by atoms with van der Waals surface area (Å²) in [5.74, 6) is -1.04. The average Bonchev–Trinajstić information content (AvgIpc) is 2.07. The number of hydrogen-bond donors (Lipinski definition) is 2. The largest absolute Gasteiger partial charge is 0.505 e. The van der Waals surface area contributed by atoms with Gasteiger partial charge in [0, 0.05) is 0 Å². The van der Waals surface area contributed by atoms with Crippen LogP contribution in [0.25, 0.3) is 0 Å². The monoisotopic (exact) mass is 202 g/mol. The minimum absolute atomic E-state index is 0.243. The van der Waals surface area contributed by atoms with Gasteiger partial charge >= 0.3 is 6.18 Å². The summed E-state index contributed by atoms with van der Waals surface area (Å²) >= 11 is 0. The number of nitriles is 1. The van der Waals surface area contributed by atoms with Crippen molar-refractivity contribution in [3.8, 4) is 11.8 Å². The quantitative estimate of drug-likeness (QED) is 0.498. The van der Waals surface area contributed by atoms with Crippen LogP contribution in [0, 0.1) is 11.3 Å². The molecule has 0 aliphatic heterocycles. The van der Waals surface area contributed by atoms with Gasteiger partial charge in [-0.2, -0.15) is 18.4 Å². The van der Waals surface area contributed by atoms with E-state index in [0.29, 0.717) is 6.07 Å². The van der Waals surface area contributed by atoms with E-state index >= 15 is 0 Å². The van der Waals surface area contributed by atoms with Gasteiger partial charge in [-0.25, -0.2) is 0 Å². The highest BCUT2D eigenvalue weighted by atomic mass is 19.4. The van der Waals surface area contributed by atoms with Crippen LogP contribution in [0.1, 0.15) is 11.1 Å². The summed E-state index contributed by atoms with van der Waals surface area (Å²) < 4.78 is 36.7. The van der Waals surface area contributed by atoms with Gasteiger partial charge < -0.3 is 10.8 Å². The highest BCUT2D eigenvalue weighted by molar-refractivity contribution is 5.60. The molecule has 74 valence electrons. The zero-order valence-corrected chi connectivity index (χ0v) is 6.76. The maximum atomic E-state index is 12.2. The van der Waals surface area contributed by atoms with Crippen LogP contribution in [0.2, 0.25) is 0 Å². The van der Waals surface area contributed by atoms with Gasteiger partial charge in [0.25, 0.3) is 0 Å². The van der Waals surface area contributed by atoms with Gasteiger partial charge in [0.15, 0.2) is 5.75 Å². The smallest absolute Gasteiger partial charge is 0.420 e. The molecule has 3 N–H and O–H groups in total. The summed E-state index contributed by atoms with van der Waals surface area (Å²) in [6.07, 6.45) is -4.72. The summed E-state index contributed by atoms with van der Waals surface area (Å²) in [6.45, 7) is 0. The van der Waals surface area contributed by atoms with Crippen molar-refractivity contribution in [2.24, 2.45) is 0 Å². The minimum atomic E-state index is -4.72. The predicted molar refractivity (Wildman–Crippen MR) is 42.2 cm³/mol. The van der Waals surface area contributed by atoms with Crippen molar-refractivity contribution in [1.29, 1.82) is 5.26 Å². The number of anilines is 1. The molecule has 0 unspecified atom stereocenters. The lowest BCUT2D eigenvalue weighted by Crippen LogP contribution is -2.07. The topological polar surface area (TPSA) is 70.0 Å². The Bertz CT molecular complexity index is 406. The lowest BCUT2D eigenvalue weighted by atomic mass is 10.1. The molecule has 0 saturated carbocycles. The van der Waals surface area contributed by atoms with Gasteiger partial charge in [-0.3, -0.25) is 0 Å². The molecule has 0 amide bonds. The van der Waals surface area contributed by atoms with Crippen molar-refractivity contribution in [2.75, 3.05) is 5.73 Å². The number of alkyl halides is 3. The van der Waals surface area contributed by atoms with Gasteiger partial charge in [-0.05, 0) is 12.1 Å². The zero-order chi connectivity index (χ0) is 10.9.